The van der Waals surface area contributed by atoms with Crippen molar-refractivity contribution in [3.8, 4) is 5.69 Å². The van der Waals surface area contributed by atoms with Crippen molar-refractivity contribution in [1.82, 2.24) is 24.6 Å². The van der Waals surface area contributed by atoms with Crippen molar-refractivity contribution in [3.05, 3.63) is 118 Å². The minimum Gasteiger partial charge on any atom is -0.345 e. The summed E-state index contributed by atoms with van der Waals surface area (Å²) in [5, 5.41) is 8.71. The monoisotopic (exact) mass is 507 g/mol. The van der Waals surface area contributed by atoms with Crippen LogP contribution in [0.1, 0.15) is 35.2 Å². The number of nitrogens with one attached hydrogen (secondary N) is 1. The fourth-order valence-electron chi connectivity index (χ4n) is 4.81. The van der Waals surface area contributed by atoms with E-state index in [1.165, 1.54) is 11.8 Å². The summed E-state index contributed by atoms with van der Waals surface area (Å²) < 4.78 is 3.37. The summed E-state index contributed by atoms with van der Waals surface area (Å²) in [4.78, 5) is 31.6. The molecule has 6 rings (SSSR count). The highest BCUT2D eigenvalue weighted by Crippen LogP contribution is 2.34. The average Bonchev–Trinajstić information content (AvgIpc) is 3.53. The lowest BCUT2D eigenvalue weighted by Gasteiger charge is -2.21. The van der Waals surface area contributed by atoms with Gasteiger partial charge in [0.05, 0.1) is 24.0 Å². The summed E-state index contributed by atoms with van der Waals surface area (Å²) in [6.45, 7) is 2.01. The summed E-state index contributed by atoms with van der Waals surface area (Å²) in [6.07, 6.45) is 1.76. The van der Waals surface area contributed by atoms with Crippen molar-refractivity contribution >= 4 is 28.7 Å². The molecule has 1 atom stereocenters. The van der Waals surface area contributed by atoms with E-state index in [2.05, 4.69) is 10.4 Å². The molecule has 1 N–H and O–H groups in total. The van der Waals surface area contributed by atoms with Gasteiger partial charge in [0, 0.05) is 12.2 Å². The zero-order valence-corrected chi connectivity index (χ0v) is 21.1. The molecular formula is C29H25N5O2S. The Kier molecular flexibility index (Phi) is 6.10. The molecule has 7 nitrogen and oxygen atoms in total. The van der Waals surface area contributed by atoms with Crippen molar-refractivity contribution in [3.63, 3.8) is 0 Å². The first-order chi connectivity index (χ1) is 18.1. The zero-order chi connectivity index (χ0) is 25.4. The van der Waals surface area contributed by atoms with Gasteiger partial charge in [-0.15, -0.1) is 0 Å². The van der Waals surface area contributed by atoms with Crippen LogP contribution in [-0.4, -0.2) is 31.0 Å². The molecule has 0 fully saturated rings. The van der Waals surface area contributed by atoms with Crippen LogP contribution in [0.25, 0.3) is 16.7 Å². The molecule has 1 aliphatic heterocycles. The predicted octanol–water partition coefficient (Wildman–Crippen LogP) is 4.83. The van der Waals surface area contributed by atoms with Crippen LogP contribution in [-0.2, 0) is 4.79 Å². The minimum atomic E-state index is -0.279. The second kappa shape index (κ2) is 9.71. The third-order valence-corrected chi connectivity index (χ3v) is 7.71. The van der Waals surface area contributed by atoms with Crippen LogP contribution in [0.4, 0.5) is 0 Å². The van der Waals surface area contributed by atoms with Gasteiger partial charge in [0.2, 0.25) is 5.91 Å². The van der Waals surface area contributed by atoms with Gasteiger partial charge in [0.15, 0.2) is 10.8 Å². The van der Waals surface area contributed by atoms with Gasteiger partial charge >= 0.3 is 0 Å². The fourth-order valence-corrected chi connectivity index (χ4v) is 5.94. The Labute approximate surface area is 218 Å². The number of nitrogens with zero attached hydrogens (tertiary/aromatic N) is 4. The summed E-state index contributed by atoms with van der Waals surface area (Å²) in [5.41, 5.74) is 4.35. The van der Waals surface area contributed by atoms with Gasteiger partial charge in [-0.05, 0) is 35.7 Å². The lowest BCUT2D eigenvalue weighted by atomic mass is 9.98. The predicted molar refractivity (Wildman–Crippen MR) is 145 cm³/mol. The van der Waals surface area contributed by atoms with Crippen LogP contribution in [0, 0.1) is 6.92 Å². The number of benzene rings is 3. The quantitative estimate of drug-likeness (QED) is 0.333. The second-order valence-electron chi connectivity index (χ2n) is 9.19. The molecule has 37 heavy (non-hydrogen) atoms. The van der Waals surface area contributed by atoms with Gasteiger partial charge in [0.25, 0.3) is 5.56 Å². The number of aromatic nitrogens is 4. The number of amides is 1. The lowest BCUT2D eigenvalue weighted by Crippen LogP contribution is -2.33. The molecule has 184 valence electrons. The Balaban J connectivity index is 1.28. The maximum Gasteiger partial charge on any atom is 0.265 e. The minimum absolute atomic E-state index is 0.112. The molecule has 0 saturated heterocycles. The van der Waals surface area contributed by atoms with E-state index in [0.29, 0.717) is 21.9 Å². The van der Waals surface area contributed by atoms with Crippen LogP contribution in [0.2, 0.25) is 0 Å². The molecule has 2 aromatic heterocycles. The molecule has 1 amide bonds. The van der Waals surface area contributed by atoms with Crippen molar-refractivity contribution in [2.24, 2.45) is 0 Å². The summed E-state index contributed by atoms with van der Waals surface area (Å²) in [7, 11) is 0. The number of carbonyl (C=O) groups is 1. The average molecular weight is 508 g/mol. The Morgan fingerprint density at radius 3 is 2.41 bits per heavy atom. The largest absolute Gasteiger partial charge is 0.345 e. The normalized spacial score (nSPS) is 14.7. The number of aryl methyl sites for hydroxylation is 1. The number of thioether (sulfide) groups is 1. The van der Waals surface area contributed by atoms with Gasteiger partial charge in [0.1, 0.15) is 5.39 Å². The fraction of sp³-hybridized carbons (Fsp3) is 0.172. The van der Waals surface area contributed by atoms with E-state index in [1.54, 1.807) is 15.4 Å². The Morgan fingerprint density at radius 1 is 1.03 bits per heavy atom. The van der Waals surface area contributed by atoms with Crippen molar-refractivity contribution in [2.45, 2.75) is 30.6 Å². The molecule has 1 aliphatic rings. The summed E-state index contributed by atoms with van der Waals surface area (Å²) in [5.74, 6) is 0.500. The van der Waals surface area contributed by atoms with E-state index in [0.717, 1.165) is 22.4 Å². The summed E-state index contributed by atoms with van der Waals surface area (Å²) >= 11 is 1.50. The molecule has 1 unspecified atom stereocenters. The van der Waals surface area contributed by atoms with Gasteiger partial charge in [-0.2, -0.15) is 5.10 Å². The number of carbonyl (C=O) groups excluding carboxylic acids is 1. The molecule has 0 bridgehead atoms. The number of hydrogen-bond acceptors (Lipinski definition) is 5. The van der Waals surface area contributed by atoms with Crippen LogP contribution >= 0.6 is 11.8 Å². The van der Waals surface area contributed by atoms with Gasteiger partial charge in [-0.1, -0.05) is 84.6 Å². The standard InChI is InChI=1S/C29H25N5O2S/c1-19-9-8-14-22(15-19)34-27-24(17-30-34)28(36)33-23(18-37-29(33)32-27)16-25(35)31-26(20-10-4-2-5-11-20)21-12-6-3-7-13-21/h2-15,17,23,26H,16,18H2,1H3,(H,31,35). The first-order valence-corrected chi connectivity index (χ1v) is 13.2. The van der Waals surface area contributed by atoms with Crippen LogP contribution in [0.15, 0.2) is 101 Å². The smallest absolute Gasteiger partial charge is 0.265 e. The molecule has 5 aromatic rings. The van der Waals surface area contributed by atoms with Crippen LogP contribution in [0.5, 0.6) is 0 Å². The first kappa shape index (κ1) is 23.2. The van der Waals surface area contributed by atoms with Crippen LogP contribution in [0.3, 0.4) is 0 Å². The van der Waals surface area contributed by atoms with Crippen LogP contribution < -0.4 is 10.9 Å². The molecule has 0 spiro atoms. The van der Waals surface area contributed by atoms with Gasteiger partial charge < -0.3 is 5.32 Å². The van der Waals surface area contributed by atoms with Gasteiger partial charge in [-0.25, -0.2) is 9.67 Å². The molecule has 3 aromatic carbocycles. The third kappa shape index (κ3) is 4.44. The highest BCUT2D eigenvalue weighted by atomic mass is 32.2. The molecule has 0 aliphatic carbocycles. The van der Waals surface area contributed by atoms with Crippen molar-refractivity contribution < 1.29 is 4.79 Å². The Bertz CT molecular complexity index is 1610. The van der Waals surface area contributed by atoms with E-state index < -0.39 is 0 Å². The van der Waals surface area contributed by atoms with E-state index in [4.69, 9.17) is 4.98 Å². The maximum atomic E-state index is 13.5. The second-order valence-corrected chi connectivity index (χ2v) is 10.2. The third-order valence-electron chi connectivity index (χ3n) is 6.61. The zero-order valence-electron chi connectivity index (χ0n) is 20.2. The van der Waals surface area contributed by atoms with Crippen molar-refractivity contribution in [2.75, 3.05) is 5.75 Å². The van der Waals surface area contributed by atoms with E-state index in [1.807, 2.05) is 91.9 Å². The molecule has 0 radical (unpaired) electrons. The highest BCUT2D eigenvalue weighted by molar-refractivity contribution is 7.99. The van der Waals surface area contributed by atoms with E-state index in [-0.39, 0.29) is 30.0 Å². The number of rotatable bonds is 6. The molecule has 0 saturated carbocycles. The maximum absolute atomic E-state index is 13.5. The van der Waals surface area contributed by atoms with E-state index >= 15 is 0 Å². The first-order valence-electron chi connectivity index (χ1n) is 12.2. The number of hydrogen-bond donors (Lipinski definition) is 1. The molecule has 3 heterocycles. The lowest BCUT2D eigenvalue weighted by molar-refractivity contribution is -0.122. The Morgan fingerprint density at radius 2 is 1.73 bits per heavy atom. The number of fused-ring (bicyclic) bond motifs is 2. The molecular weight excluding hydrogens is 482 g/mol. The SMILES string of the molecule is Cc1cccc(-n2ncc3c(=O)n4c(nc32)SCC4CC(=O)NC(c2ccccc2)c2ccccc2)c1. The van der Waals surface area contributed by atoms with Gasteiger partial charge in [-0.3, -0.25) is 14.2 Å². The molecule has 8 heteroatoms. The van der Waals surface area contributed by atoms with E-state index in [9.17, 15) is 9.59 Å². The van der Waals surface area contributed by atoms with Crippen molar-refractivity contribution in [1.29, 1.82) is 0 Å². The Hall–Kier alpha value is -4.17. The topological polar surface area (TPSA) is 81.8 Å². The highest BCUT2D eigenvalue weighted by Gasteiger charge is 2.30. The summed E-state index contributed by atoms with van der Waals surface area (Å²) in [6, 6.07) is 27.2.